The van der Waals surface area contributed by atoms with E-state index in [2.05, 4.69) is 10.3 Å². The average molecular weight is 634 g/mol. The summed E-state index contributed by atoms with van der Waals surface area (Å²) in [4.78, 5) is 57.0. The quantitative estimate of drug-likeness (QED) is 0.259. The Labute approximate surface area is 260 Å². The Morgan fingerprint density at radius 1 is 0.864 bits per heavy atom. The van der Waals surface area contributed by atoms with Gasteiger partial charge in [0, 0.05) is 16.5 Å². The van der Waals surface area contributed by atoms with Gasteiger partial charge in [-0.3, -0.25) is 19.2 Å². The van der Waals surface area contributed by atoms with Gasteiger partial charge in [-0.05, 0) is 66.2 Å². The van der Waals surface area contributed by atoms with E-state index in [0.717, 1.165) is 11.3 Å². The highest BCUT2D eigenvalue weighted by molar-refractivity contribution is 8.00. The van der Waals surface area contributed by atoms with Gasteiger partial charge in [0.05, 0.1) is 38.0 Å². The van der Waals surface area contributed by atoms with Crippen LogP contribution in [0.1, 0.15) is 16.4 Å². The molecule has 1 saturated heterocycles. The second-order valence-electron chi connectivity index (χ2n) is 9.94. The van der Waals surface area contributed by atoms with Crippen molar-refractivity contribution in [2.24, 2.45) is 5.92 Å². The van der Waals surface area contributed by atoms with Crippen LogP contribution in [0.2, 0.25) is 0 Å². The van der Waals surface area contributed by atoms with Gasteiger partial charge < -0.3 is 29.2 Å². The van der Waals surface area contributed by atoms with Gasteiger partial charge in [0.1, 0.15) is 16.7 Å². The number of nitrogens with zero attached hydrogens (tertiary/aromatic N) is 1. The largest absolute Gasteiger partial charge is 0.497 e. The number of H-pyrrole nitrogens is 1. The minimum Gasteiger partial charge on any atom is -0.497 e. The molecule has 0 radical (unpaired) electrons. The number of aromatic amines is 1. The number of carbonyl (C=O) groups is 3. The van der Waals surface area contributed by atoms with Crippen molar-refractivity contribution in [1.29, 1.82) is 0 Å². The Morgan fingerprint density at radius 3 is 2.20 bits per heavy atom. The van der Waals surface area contributed by atoms with Crippen molar-refractivity contribution in [3.8, 4) is 23.0 Å². The molecule has 0 spiro atoms. The van der Waals surface area contributed by atoms with Crippen LogP contribution in [-0.4, -0.2) is 55.9 Å². The minimum atomic E-state index is -0.764. The van der Waals surface area contributed by atoms with Gasteiger partial charge in [0.25, 0.3) is 5.91 Å². The third kappa shape index (κ3) is 5.40. The summed E-state index contributed by atoms with van der Waals surface area (Å²) >= 11 is 2.22. The molecule has 0 aliphatic carbocycles. The molecule has 226 valence electrons. The first-order valence-electron chi connectivity index (χ1n) is 13.5. The van der Waals surface area contributed by atoms with E-state index < -0.39 is 17.1 Å². The maximum Gasteiger partial charge on any atom is 0.305 e. The predicted molar refractivity (Wildman–Crippen MR) is 166 cm³/mol. The molecule has 3 atom stereocenters. The number of aromatic nitrogens is 1. The molecule has 2 N–H and O–H groups in total. The number of benzene rings is 3. The van der Waals surface area contributed by atoms with Crippen molar-refractivity contribution >= 4 is 52.2 Å². The van der Waals surface area contributed by atoms with E-state index in [1.807, 2.05) is 0 Å². The molecule has 2 aliphatic rings. The smallest absolute Gasteiger partial charge is 0.305 e. The summed E-state index contributed by atoms with van der Waals surface area (Å²) < 4.78 is 21.7. The minimum absolute atomic E-state index is 0.269. The first-order chi connectivity index (χ1) is 21.3. The van der Waals surface area contributed by atoms with Gasteiger partial charge in [-0.1, -0.05) is 29.2 Å². The van der Waals surface area contributed by atoms with Crippen LogP contribution < -0.4 is 34.0 Å². The van der Waals surface area contributed by atoms with E-state index in [1.165, 1.54) is 30.9 Å². The summed E-state index contributed by atoms with van der Waals surface area (Å²) in [5.41, 5.74) is 1.70. The fourth-order valence-corrected chi connectivity index (χ4v) is 7.89. The molecule has 6 rings (SSSR count). The number of fused-ring (bicyclic) bond motifs is 2. The number of hydrogen-bond acceptors (Lipinski definition) is 10. The number of imide groups is 1. The molecule has 0 saturated carbocycles. The first kappa shape index (κ1) is 29.3. The van der Waals surface area contributed by atoms with E-state index >= 15 is 0 Å². The van der Waals surface area contributed by atoms with Crippen molar-refractivity contribution in [1.82, 2.24) is 4.98 Å². The van der Waals surface area contributed by atoms with E-state index in [4.69, 9.17) is 18.9 Å². The summed E-state index contributed by atoms with van der Waals surface area (Å²) in [5, 5.41) is 2.59. The highest BCUT2D eigenvalue weighted by Crippen LogP contribution is 2.53. The Bertz CT molecular complexity index is 1780. The van der Waals surface area contributed by atoms with Crippen LogP contribution >= 0.6 is 23.1 Å². The van der Waals surface area contributed by atoms with Gasteiger partial charge in [-0.15, -0.1) is 0 Å². The molecule has 3 amide bonds. The molecular formula is C31H27N3O8S2. The van der Waals surface area contributed by atoms with Crippen LogP contribution in [0.5, 0.6) is 23.0 Å². The van der Waals surface area contributed by atoms with E-state index in [-0.39, 0.29) is 29.2 Å². The molecule has 44 heavy (non-hydrogen) atoms. The highest BCUT2D eigenvalue weighted by Gasteiger charge is 2.56. The number of carbonyl (C=O) groups excluding carboxylic acids is 3. The van der Waals surface area contributed by atoms with Gasteiger partial charge >= 0.3 is 4.87 Å². The lowest BCUT2D eigenvalue weighted by atomic mass is 9.83. The maximum atomic E-state index is 14.0. The number of amides is 3. The molecule has 3 heterocycles. The third-order valence-corrected chi connectivity index (χ3v) is 9.83. The summed E-state index contributed by atoms with van der Waals surface area (Å²) in [7, 11) is 4.57. The van der Waals surface area contributed by atoms with Crippen molar-refractivity contribution < 1.29 is 33.3 Å². The van der Waals surface area contributed by atoms with E-state index in [1.54, 1.807) is 73.8 Å². The van der Waals surface area contributed by atoms with Crippen LogP contribution in [0, 0.1) is 5.92 Å². The second-order valence-corrected chi connectivity index (χ2v) is 12.1. The van der Waals surface area contributed by atoms with Crippen molar-refractivity contribution in [3.05, 3.63) is 86.8 Å². The summed E-state index contributed by atoms with van der Waals surface area (Å²) in [5.74, 6) is -0.517. The van der Waals surface area contributed by atoms with Gasteiger partial charge in [0.2, 0.25) is 11.8 Å². The third-order valence-electron chi connectivity index (χ3n) is 7.43. The number of rotatable bonds is 9. The molecule has 4 aromatic rings. The number of thiazole rings is 1. The summed E-state index contributed by atoms with van der Waals surface area (Å²) in [6.07, 6.45) is 0. The molecule has 1 aromatic heterocycles. The fraction of sp³-hybridized carbons (Fsp3) is 0.226. The van der Waals surface area contributed by atoms with Crippen molar-refractivity contribution in [2.75, 3.05) is 38.2 Å². The summed E-state index contributed by atoms with van der Waals surface area (Å²) in [6, 6.07) is 18.8. The number of nitrogens with one attached hydrogen (secondary N) is 2. The molecule has 2 aliphatic heterocycles. The predicted octanol–water partition coefficient (Wildman–Crippen LogP) is 4.28. The molecule has 11 nitrogen and oxygen atoms in total. The molecule has 1 fully saturated rings. The van der Waals surface area contributed by atoms with E-state index in [9.17, 15) is 19.2 Å². The van der Waals surface area contributed by atoms with Gasteiger partial charge in [-0.25, -0.2) is 4.90 Å². The number of methoxy groups -OCH3 is 3. The standard InChI is InChI=1S/C31H27N3O8S2/c1-39-19-9-5-17(6-10-19)32-23(35)15-42-21-13-4-16(14-22(21)41-3)24-25-27(43-28-26(24)44-31(38)33-28)30(37)34(29(25)36)18-7-11-20(40-2)12-8-18/h4-14,24-25,27H,15H2,1-3H3,(H,32,35)(H,33,38). The maximum absolute atomic E-state index is 14.0. The van der Waals surface area contributed by atoms with Crippen molar-refractivity contribution in [2.45, 2.75) is 16.2 Å². The van der Waals surface area contributed by atoms with Gasteiger partial charge in [-0.2, -0.15) is 0 Å². The number of ether oxygens (including phenoxy) is 4. The number of thioether (sulfide) groups is 1. The van der Waals surface area contributed by atoms with Crippen LogP contribution in [0.3, 0.4) is 0 Å². The summed E-state index contributed by atoms with van der Waals surface area (Å²) in [6.45, 7) is -0.278. The topological polar surface area (TPSA) is 136 Å². The lowest BCUT2D eigenvalue weighted by molar-refractivity contribution is -0.122. The monoisotopic (exact) mass is 633 g/mol. The first-order valence-corrected chi connectivity index (χ1v) is 15.2. The fourth-order valence-electron chi connectivity index (χ4n) is 5.37. The highest BCUT2D eigenvalue weighted by atomic mass is 32.2. The van der Waals surface area contributed by atoms with Crippen LogP contribution in [0.4, 0.5) is 11.4 Å². The second kappa shape index (κ2) is 12.1. The number of anilines is 2. The Balaban J connectivity index is 1.27. The SMILES string of the molecule is COc1ccc(NC(=O)COc2ccc(C3c4sc(=O)[nH]c4SC4C(=O)N(c5ccc(OC)cc5)C(=O)C43)cc2OC)cc1. The van der Waals surface area contributed by atoms with Crippen LogP contribution in [-0.2, 0) is 14.4 Å². The van der Waals surface area contributed by atoms with Crippen LogP contribution in [0.25, 0.3) is 0 Å². The molecule has 3 unspecified atom stereocenters. The molecule has 13 heteroatoms. The van der Waals surface area contributed by atoms with Gasteiger partial charge in [0.15, 0.2) is 18.1 Å². The molecular weight excluding hydrogens is 606 g/mol. The molecule has 3 aromatic carbocycles. The zero-order chi connectivity index (χ0) is 31.0. The normalized spacial score (nSPS) is 18.8. The lowest BCUT2D eigenvalue weighted by Gasteiger charge is -2.30. The zero-order valence-electron chi connectivity index (χ0n) is 23.8. The molecule has 0 bridgehead atoms. The number of hydrogen-bond donors (Lipinski definition) is 2. The zero-order valence-corrected chi connectivity index (χ0v) is 25.5. The Kier molecular flexibility index (Phi) is 8.06. The average Bonchev–Trinajstić information content (AvgIpc) is 3.54. The Morgan fingerprint density at radius 2 is 1.55 bits per heavy atom. The Hall–Kier alpha value is -4.75. The van der Waals surface area contributed by atoms with Crippen molar-refractivity contribution in [3.63, 3.8) is 0 Å². The van der Waals surface area contributed by atoms with E-state index in [0.29, 0.717) is 49.8 Å². The van der Waals surface area contributed by atoms with Crippen LogP contribution in [0.15, 0.2) is 76.6 Å². The lowest BCUT2D eigenvalue weighted by Crippen LogP contribution is -2.32.